The van der Waals surface area contributed by atoms with Crippen molar-refractivity contribution in [3.63, 3.8) is 0 Å². The summed E-state index contributed by atoms with van der Waals surface area (Å²) in [5, 5.41) is 10.4. The van der Waals surface area contributed by atoms with Crippen molar-refractivity contribution in [3.8, 4) is 11.4 Å². The molecule has 40 heavy (non-hydrogen) atoms. The molecule has 0 amide bonds. The van der Waals surface area contributed by atoms with Gasteiger partial charge in [0.1, 0.15) is 17.4 Å². The Hall–Kier alpha value is -3.21. The van der Waals surface area contributed by atoms with Crippen LogP contribution in [0.3, 0.4) is 0 Å². The van der Waals surface area contributed by atoms with Gasteiger partial charge in [0, 0.05) is 48.7 Å². The number of nitrogens with one attached hydrogen (secondary N) is 1. The van der Waals surface area contributed by atoms with Crippen LogP contribution in [0.1, 0.15) is 44.2 Å². The van der Waals surface area contributed by atoms with E-state index in [9.17, 15) is 4.55 Å². The molecular formula is C30H38N8OS. The van der Waals surface area contributed by atoms with Crippen LogP contribution in [0.2, 0.25) is 0 Å². The molecule has 1 N–H and O–H groups in total. The lowest BCUT2D eigenvalue weighted by molar-refractivity contribution is 0.212. The Morgan fingerprint density at radius 1 is 1.05 bits per heavy atom. The van der Waals surface area contributed by atoms with Crippen LogP contribution in [0.15, 0.2) is 49.1 Å². The van der Waals surface area contributed by atoms with Crippen molar-refractivity contribution >= 4 is 39.3 Å². The molecule has 1 unspecified atom stereocenters. The van der Waals surface area contributed by atoms with Gasteiger partial charge in [0.05, 0.1) is 24.1 Å². The largest absolute Gasteiger partial charge is 0.617 e. The third-order valence-corrected chi connectivity index (χ3v) is 9.08. The van der Waals surface area contributed by atoms with Gasteiger partial charge in [-0.3, -0.25) is 4.68 Å². The lowest BCUT2D eigenvalue weighted by Gasteiger charge is -2.41. The monoisotopic (exact) mass is 558 g/mol. The fourth-order valence-corrected chi connectivity index (χ4v) is 6.78. The lowest BCUT2D eigenvalue weighted by Crippen LogP contribution is -2.49. The second-order valence-corrected chi connectivity index (χ2v) is 13.1. The molecule has 1 aromatic carbocycles. The number of fused-ring (bicyclic) bond motifs is 1. The summed E-state index contributed by atoms with van der Waals surface area (Å²) >= 11 is -0.755. The highest BCUT2D eigenvalue weighted by atomic mass is 32.2. The molecule has 6 rings (SSSR count). The van der Waals surface area contributed by atoms with Gasteiger partial charge >= 0.3 is 0 Å². The second-order valence-electron chi connectivity index (χ2n) is 11.6. The Morgan fingerprint density at radius 3 is 2.60 bits per heavy atom. The van der Waals surface area contributed by atoms with Crippen molar-refractivity contribution in [3.05, 3.63) is 54.6 Å². The summed E-state index contributed by atoms with van der Waals surface area (Å²) in [6.45, 7) is 8.50. The van der Waals surface area contributed by atoms with Gasteiger partial charge in [-0.25, -0.2) is 15.0 Å². The van der Waals surface area contributed by atoms with Crippen molar-refractivity contribution < 1.29 is 4.55 Å². The zero-order valence-corrected chi connectivity index (χ0v) is 24.6. The van der Waals surface area contributed by atoms with Gasteiger partial charge in [0.2, 0.25) is 0 Å². The number of likely N-dealkylation sites (tertiary alicyclic amines) is 1. The molecule has 5 heterocycles. The minimum Gasteiger partial charge on any atom is -0.617 e. The number of nitrogens with zero attached hydrogens (tertiary/aromatic N) is 7. The maximum atomic E-state index is 11.6. The van der Waals surface area contributed by atoms with Gasteiger partial charge < -0.3 is 19.7 Å². The number of pyridine rings is 1. The van der Waals surface area contributed by atoms with Crippen LogP contribution in [-0.4, -0.2) is 79.4 Å². The SMILES string of the molecule is CC(C)c1ccc(N2CC(C[S+](C)[O-])C2)c2cnc(Nc3ccnc(-c4cnn(C5CCN(C)CC5)c4)n3)cc12. The average molecular weight is 559 g/mol. The molecule has 10 heteroatoms. The molecule has 0 bridgehead atoms. The van der Waals surface area contributed by atoms with Crippen molar-refractivity contribution in [1.29, 1.82) is 0 Å². The Morgan fingerprint density at radius 2 is 1.85 bits per heavy atom. The Labute approximate surface area is 239 Å². The first-order valence-corrected chi connectivity index (χ1v) is 15.9. The molecule has 2 fully saturated rings. The predicted molar refractivity (Wildman–Crippen MR) is 163 cm³/mol. The first kappa shape index (κ1) is 27.0. The van der Waals surface area contributed by atoms with Gasteiger partial charge in [-0.1, -0.05) is 31.1 Å². The molecule has 210 valence electrons. The summed E-state index contributed by atoms with van der Waals surface area (Å²) in [6, 6.07) is 8.88. The van der Waals surface area contributed by atoms with Crippen LogP contribution < -0.4 is 10.2 Å². The van der Waals surface area contributed by atoms with Crippen LogP contribution in [-0.2, 0) is 11.2 Å². The van der Waals surface area contributed by atoms with Gasteiger partial charge in [-0.15, -0.1) is 0 Å². The Kier molecular flexibility index (Phi) is 7.65. The van der Waals surface area contributed by atoms with E-state index in [1.807, 2.05) is 18.5 Å². The molecule has 2 aliphatic heterocycles. The van der Waals surface area contributed by atoms with Gasteiger partial charge in [-0.05, 0) is 68.0 Å². The standard InChI is InChI=1S/C30H38N8OS/c1-20(2)24-5-6-27(37-16-21(17-37)19-40(4)39)26-15-32-29(13-25(24)26)34-28-7-10-31-30(35-28)22-14-33-38(18-22)23-8-11-36(3)12-9-23/h5-7,10,13-15,18,20-21,23H,8-9,11-12,16-17,19H2,1-4H3,(H,31,32,34,35). The summed E-state index contributed by atoms with van der Waals surface area (Å²) in [5.41, 5.74) is 3.41. The van der Waals surface area contributed by atoms with E-state index in [0.717, 1.165) is 61.5 Å². The Balaban J connectivity index is 1.22. The van der Waals surface area contributed by atoms with E-state index in [0.29, 0.717) is 29.5 Å². The summed E-state index contributed by atoms with van der Waals surface area (Å²) in [7, 11) is 2.17. The van der Waals surface area contributed by atoms with Crippen LogP contribution >= 0.6 is 0 Å². The summed E-state index contributed by atoms with van der Waals surface area (Å²) in [4.78, 5) is 18.8. The summed E-state index contributed by atoms with van der Waals surface area (Å²) in [5.74, 6) is 3.74. The van der Waals surface area contributed by atoms with E-state index in [4.69, 9.17) is 9.97 Å². The highest BCUT2D eigenvalue weighted by Gasteiger charge is 2.31. The highest BCUT2D eigenvalue weighted by Crippen LogP contribution is 2.37. The van der Waals surface area contributed by atoms with E-state index in [1.54, 1.807) is 12.5 Å². The third kappa shape index (κ3) is 5.66. The van der Waals surface area contributed by atoms with Gasteiger partial charge in [0.25, 0.3) is 0 Å². The van der Waals surface area contributed by atoms with Crippen LogP contribution in [0.4, 0.5) is 17.3 Å². The molecule has 0 aliphatic carbocycles. The number of piperidine rings is 1. The summed E-state index contributed by atoms with van der Waals surface area (Å²) in [6.07, 6.45) is 11.7. The van der Waals surface area contributed by atoms with E-state index in [-0.39, 0.29) is 0 Å². The molecule has 4 aromatic rings. The molecule has 0 radical (unpaired) electrons. The molecule has 2 aliphatic rings. The minimum atomic E-state index is -0.755. The van der Waals surface area contributed by atoms with E-state index < -0.39 is 11.2 Å². The molecule has 3 aromatic heterocycles. The van der Waals surface area contributed by atoms with E-state index >= 15 is 0 Å². The van der Waals surface area contributed by atoms with Crippen molar-refractivity contribution in [2.45, 2.75) is 38.6 Å². The van der Waals surface area contributed by atoms with Crippen LogP contribution in [0.25, 0.3) is 22.2 Å². The first-order chi connectivity index (χ1) is 19.3. The summed E-state index contributed by atoms with van der Waals surface area (Å²) < 4.78 is 13.7. The topological polar surface area (TPSA) is 98.1 Å². The molecule has 9 nitrogen and oxygen atoms in total. The van der Waals surface area contributed by atoms with Gasteiger partial charge in [0.15, 0.2) is 5.82 Å². The maximum Gasteiger partial charge on any atom is 0.164 e. The molecular weight excluding hydrogens is 520 g/mol. The van der Waals surface area contributed by atoms with E-state index in [2.05, 4.69) is 75.2 Å². The fourth-order valence-electron chi connectivity index (χ4n) is 5.91. The molecule has 0 saturated carbocycles. The lowest BCUT2D eigenvalue weighted by atomic mass is 9.93. The van der Waals surface area contributed by atoms with Crippen molar-refractivity contribution in [2.24, 2.45) is 5.92 Å². The zero-order chi connectivity index (χ0) is 27.8. The number of benzene rings is 1. The number of rotatable bonds is 8. The number of anilines is 3. The fraction of sp³-hybridized carbons (Fsp3) is 0.467. The number of hydrogen-bond acceptors (Lipinski definition) is 8. The highest BCUT2D eigenvalue weighted by molar-refractivity contribution is 7.90. The zero-order valence-electron chi connectivity index (χ0n) is 23.7. The van der Waals surface area contributed by atoms with E-state index in [1.165, 1.54) is 16.6 Å². The van der Waals surface area contributed by atoms with Crippen molar-refractivity contribution in [1.82, 2.24) is 29.6 Å². The van der Waals surface area contributed by atoms with Gasteiger partial charge in [-0.2, -0.15) is 5.10 Å². The molecule has 2 saturated heterocycles. The van der Waals surface area contributed by atoms with Crippen LogP contribution in [0, 0.1) is 5.92 Å². The normalized spacial score (nSPS) is 17.9. The minimum absolute atomic E-state index is 0.380. The first-order valence-electron chi connectivity index (χ1n) is 14.1. The number of hydrogen-bond donors (Lipinski definition) is 1. The molecule has 0 spiro atoms. The number of aromatic nitrogens is 5. The second kappa shape index (κ2) is 11.3. The smallest absolute Gasteiger partial charge is 0.164 e. The molecule has 1 atom stereocenters. The van der Waals surface area contributed by atoms with Crippen LogP contribution in [0.5, 0.6) is 0 Å². The van der Waals surface area contributed by atoms with Crippen molar-refractivity contribution in [2.75, 3.05) is 55.5 Å². The Bertz CT molecular complexity index is 1470. The predicted octanol–water partition coefficient (Wildman–Crippen LogP) is 4.84. The quantitative estimate of drug-likeness (QED) is 0.307. The maximum absolute atomic E-state index is 11.6. The third-order valence-electron chi connectivity index (χ3n) is 8.14. The average Bonchev–Trinajstić information content (AvgIpc) is 3.41.